The molecule has 0 rings (SSSR count). The summed E-state index contributed by atoms with van der Waals surface area (Å²) in [6.45, 7) is 10.3. The average Bonchev–Trinajstić information content (AvgIpc) is 2.26. The lowest BCUT2D eigenvalue weighted by Gasteiger charge is -2.19. The Kier molecular flexibility index (Phi) is 7.57. The van der Waals surface area contributed by atoms with Crippen LogP contribution in [0.1, 0.15) is 13.3 Å². The minimum atomic E-state index is -0.482. The van der Waals surface area contributed by atoms with E-state index in [-0.39, 0.29) is 0 Å². The first-order valence-corrected chi connectivity index (χ1v) is 5.21. The fourth-order valence-electron chi connectivity index (χ4n) is 1.01. The average molecular weight is 225 g/mol. The zero-order chi connectivity index (χ0) is 12.4. The van der Waals surface area contributed by atoms with Gasteiger partial charge in [0, 0.05) is 19.6 Å². The van der Waals surface area contributed by atoms with E-state index >= 15 is 0 Å². The second-order valence-corrected chi connectivity index (χ2v) is 3.17. The minimum Gasteiger partial charge on any atom is -0.338 e. The maximum absolute atomic E-state index is 11.6. The second-order valence-electron chi connectivity index (χ2n) is 3.17. The highest BCUT2D eigenvalue weighted by Crippen LogP contribution is 1.90. The smallest absolute Gasteiger partial charge is 0.326 e. The van der Waals surface area contributed by atoms with E-state index in [4.69, 9.17) is 0 Å². The Bertz CT molecular complexity index is 254. The third-order valence-electron chi connectivity index (χ3n) is 1.74. The number of rotatable bonds is 6. The third kappa shape index (κ3) is 5.85. The number of carbonyl (C=O) groups excluding carboxylic acids is 2. The molecule has 16 heavy (non-hydrogen) atoms. The summed E-state index contributed by atoms with van der Waals surface area (Å²) in [5.41, 5.74) is 0. The number of imide groups is 1. The number of urea groups is 2. The molecule has 0 atom stereocenters. The predicted molar refractivity (Wildman–Crippen MR) is 64.2 cm³/mol. The largest absolute Gasteiger partial charge is 0.338 e. The zero-order valence-electron chi connectivity index (χ0n) is 9.66. The normalized spacial score (nSPS) is 9.06. The monoisotopic (exact) mass is 225 g/mol. The van der Waals surface area contributed by atoms with Gasteiger partial charge >= 0.3 is 12.1 Å². The Labute approximate surface area is 96.2 Å². The molecule has 0 fully saturated rings. The lowest BCUT2D eigenvalue weighted by atomic mass is 10.4. The van der Waals surface area contributed by atoms with E-state index < -0.39 is 12.1 Å². The Morgan fingerprint density at radius 1 is 1.25 bits per heavy atom. The molecule has 0 saturated carbocycles. The molecular weight excluding hydrogens is 206 g/mol. The van der Waals surface area contributed by atoms with E-state index in [1.807, 2.05) is 6.92 Å². The number of nitrogens with zero attached hydrogens (tertiary/aromatic N) is 1. The first-order valence-electron chi connectivity index (χ1n) is 5.21. The van der Waals surface area contributed by atoms with Gasteiger partial charge < -0.3 is 10.2 Å². The van der Waals surface area contributed by atoms with Gasteiger partial charge in [0.15, 0.2) is 0 Å². The van der Waals surface area contributed by atoms with Gasteiger partial charge in [-0.05, 0) is 6.42 Å². The molecule has 0 aliphatic heterocycles. The molecule has 0 aromatic heterocycles. The van der Waals surface area contributed by atoms with Crippen LogP contribution >= 0.6 is 0 Å². The highest BCUT2D eigenvalue weighted by atomic mass is 16.2. The van der Waals surface area contributed by atoms with E-state index in [1.165, 1.54) is 4.90 Å². The van der Waals surface area contributed by atoms with Crippen molar-refractivity contribution in [3.63, 3.8) is 0 Å². The topological polar surface area (TPSA) is 61.4 Å². The van der Waals surface area contributed by atoms with Crippen molar-refractivity contribution < 1.29 is 9.59 Å². The maximum atomic E-state index is 11.6. The van der Waals surface area contributed by atoms with Crippen LogP contribution in [-0.4, -0.2) is 36.6 Å². The molecule has 5 heteroatoms. The fourth-order valence-corrected chi connectivity index (χ4v) is 1.01. The molecule has 4 amide bonds. The number of carbonyl (C=O) groups is 2. The van der Waals surface area contributed by atoms with Crippen LogP contribution in [0.15, 0.2) is 25.3 Å². The van der Waals surface area contributed by atoms with Crippen LogP contribution in [-0.2, 0) is 0 Å². The predicted octanol–water partition coefficient (Wildman–Crippen LogP) is 1.49. The van der Waals surface area contributed by atoms with Gasteiger partial charge in [-0.3, -0.25) is 5.32 Å². The van der Waals surface area contributed by atoms with Crippen molar-refractivity contribution in [1.82, 2.24) is 15.5 Å². The fraction of sp³-hybridized carbons (Fsp3) is 0.455. The van der Waals surface area contributed by atoms with Crippen molar-refractivity contribution >= 4 is 12.1 Å². The molecule has 0 aromatic carbocycles. The minimum absolute atomic E-state index is 0.374. The molecule has 0 bridgehead atoms. The van der Waals surface area contributed by atoms with Crippen molar-refractivity contribution in [3.05, 3.63) is 25.3 Å². The van der Waals surface area contributed by atoms with E-state index in [0.717, 1.165) is 6.42 Å². The number of nitrogens with one attached hydrogen (secondary N) is 2. The molecule has 0 aromatic rings. The summed E-state index contributed by atoms with van der Waals surface area (Å²) in [5.74, 6) is 0. The van der Waals surface area contributed by atoms with Gasteiger partial charge in [0.1, 0.15) is 0 Å². The summed E-state index contributed by atoms with van der Waals surface area (Å²) in [6, 6.07) is -0.932. The summed E-state index contributed by atoms with van der Waals surface area (Å²) in [4.78, 5) is 24.2. The van der Waals surface area contributed by atoms with Gasteiger partial charge in [-0.25, -0.2) is 9.59 Å². The molecule has 0 unspecified atom stereocenters. The van der Waals surface area contributed by atoms with Gasteiger partial charge in [0.25, 0.3) is 0 Å². The molecule has 0 aliphatic carbocycles. The van der Waals surface area contributed by atoms with Gasteiger partial charge in [0.05, 0.1) is 0 Å². The van der Waals surface area contributed by atoms with Gasteiger partial charge in [-0.15, -0.1) is 13.2 Å². The highest BCUT2D eigenvalue weighted by Gasteiger charge is 2.12. The molecule has 5 nitrogen and oxygen atoms in total. The van der Waals surface area contributed by atoms with Gasteiger partial charge in [-0.2, -0.15) is 0 Å². The SMILES string of the molecule is C=CCN(CC=C)C(=O)NC(=O)NCCC. The quantitative estimate of drug-likeness (QED) is 0.673. The lowest BCUT2D eigenvalue weighted by Crippen LogP contribution is -2.47. The summed E-state index contributed by atoms with van der Waals surface area (Å²) >= 11 is 0. The molecular formula is C11H19N3O2. The highest BCUT2D eigenvalue weighted by molar-refractivity contribution is 5.93. The maximum Gasteiger partial charge on any atom is 0.326 e. The van der Waals surface area contributed by atoms with Crippen molar-refractivity contribution in [2.24, 2.45) is 0 Å². The Hall–Kier alpha value is -1.78. The van der Waals surface area contributed by atoms with E-state index in [9.17, 15) is 9.59 Å². The number of amides is 4. The Morgan fingerprint density at radius 2 is 1.81 bits per heavy atom. The van der Waals surface area contributed by atoms with Crippen molar-refractivity contribution in [1.29, 1.82) is 0 Å². The Balaban J connectivity index is 4.12. The number of hydrogen-bond donors (Lipinski definition) is 2. The standard InChI is InChI=1S/C11H19N3O2/c1-4-7-12-10(15)13-11(16)14(8-5-2)9-6-3/h5-6H,2-4,7-9H2,1H3,(H2,12,13,15,16). The van der Waals surface area contributed by atoms with Crippen molar-refractivity contribution in [2.45, 2.75) is 13.3 Å². The zero-order valence-corrected chi connectivity index (χ0v) is 9.66. The molecule has 0 radical (unpaired) electrons. The van der Waals surface area contributed by atoms with Crippen LogP contribution in [0, 0.1) is 0 Å². The van der Waals surface area contributed by atoms with Crippen molar-refractivity contribution in [2.75, 3.05) is 19.6 Å². The summed E-state index contributed by atoms with van der Waals surface area (Å²) in [6.07, 6.45) is 4.00. The van der Waals surface area contributed by atoms with Crippen LogP contribution in [0.3, 0.4) is 0 Å². The van der Waals surface area contributed by atoms with Crippen molar-refractivity contribution in [3.8, 4) is 0 Å². The molecule has 2 N–H and O–H groups in total. The summed E-state index contributed by atoms with van der Waals surface area (Å²) in [7, 11) is 0. The van der Waals surface area contributed by atoms with E-state index in [2.05, 4.69) is 23.8 Å². The van der Waals surface area contributed by atoms with Crippen LogP contribution < -0.4 is 10.6 Å². The lowest BCUT2D eigenvalue weighted by molar-refractivity contribution is 0.203. The first-order chi connectivity index (χ1) is 7.65. The summed E-state index contributed by atoms with van der Waals surface area (Å²) < 4.78 is 0. The van der Waals surface area contributed by atoms with Crippen LogP contribution in [0.2, 0.25) is 0 Å². The van der Waals surface area contributed by atoms with Crippen LogP contribution in [0.25, 0.3) is 0 Å². The molecule has 0 aliphatic rings. The molecule has 0 spiro atoms. The van der Waals surface area contributed by atoms with E-state index in [0.29, 0.717) is 19.6 Å². The Morgan fingerprint density at radius 3 is 2.25 bits per heavy atom. The summed E-state index contributed by atoms with van der Waals surface area (Å²) in [5, 5.41) is 4.78. The van der Waals surface area contributed by atoms with Gasteiger partial charge in [0.2, 0.25) is 0 Å². The molecule has 90 valence electrons. The third-order valence-corrected chi connectivity index (χ3v) is 1.74. The molecule has 0 saturated heterocycles. The van der Waals surface area contributed by atoms with Gasteiger partial charge in [-0.1, -0.05) is 19.1 Å². The van der Waals surface area contributed by atoms with Crippen LogP contribution in [0.4, 0.5) is 9.59 Å². The molecule has 0 heterocycles. The second kappa shape index (κ2) is 8.52. The van der Waals surface area contributed by atoms with Crippen LogP contribution in [0.5, 0.6) is 0 Å². The number of hydrogen-bond acceptors (Lipinski definition) is 2. The van der Waals surface area contributed by atoms with E-state index in [1.54, 1.807) is 12.2 Å². The first kappa shape index (κ1) is 14.2.